The zero-order chi connectivity index (χ0) is 12.5. The Bertz CT molecular complexity index is 416. The van der Waals surface area contributed by atoms with Crippen LogP contribution in [0.5, 0.6) is 5.75 Å². The topological polar surface area (TPSA) is 69.9 Å². The van der Waals surface area contributed by atoms with Gasteiger partial charge in [0, 0.05) is 0 Å². The lowest BCUT2D eigenvalue weighted by molar-refractivity contribution is -0.179. The number of hydrogen-bond donors (Lipinski definition) is 3. The molecule has 1 fully saturated rings. The molecule has 0 unspecified atom stereocenters. The van der Waals surface area contributed by atoms with Crippen LogP contribution in [0, 0.1) is 0 Å². The van der Waals surface area contributed by atoms with E-state index in [1.54, 1.807) is 18.2 Å². The van der Waals surface area contributed by atoms with Crippen LogP contribution in [0.1, 0.15) is 25.3 Å². The SMILES string of the molecule is C/C=C(\O)C1(c2ccc(OC(O)O)cc2)CC1. The Balaban J connectivity index is 2.19. The van der Waals surface area contributed by atoms with Gasteiger partial charge in [-0.25, -0.2) is 0 Å². The van der Waals surface area contributed by atoms with Gasteiger partial charge in [0.25, 0.3) is 0 Å². The Morgan fingerprint density at radius 2 is 1.88 bits per heavy atom. The summed E-state index contributed by atoms with van der Waals surface area (Å²) in [6.07, 6.45) is 3.59. The lowest BCUT2D eigenvalue weighted by Gasteiger charge is -2.15. The van der Waals surface area contributed by atoms with E-state index in [2.05, 4.69) is 0 Å². The van der Waals surface area contributed by atoms with Gasteiger partial charge >= 0.3 is 6.48 Å². The molecule has 0 spiro atoms. The first-order valence-corrected chi connectivity index (χ1v) is 5.57. The standard InChI is InChI=1S/C13H16O4/c1-2-11(14)13(7-8-13)9-3-5-10(6-4-9)17-12(15)16/h2-6,12,14-16H,7-8H2,1H3/b11-2-. The van der Waals surface area contributed by atoms with Crippen molar-refractivity contribution in [2.45, 2.75) is 31.7 Å². The maximum atomic E-state index is 9.87. The van der Waals surface area contributed by atoms with Crippen molar-refractivity contribution in [3.63, 3.8) is 0 Å². The molecule has 2 rings (SSSR count). The van der Waals surface area contributed by atoms with E-state index in [1.807, 2.05) is 19.1 Å². The highest BCUT2D eigenvalue weighted by molar-refractivity contribution is 5.42. The highest BCUT2D eigenvalue weighted by Gasteiger charge is 2.47. The fourth-order valence-corrected chi connectivity index (χ4v) is 2.07. The van der Waals surface area contributed by atoms with Crippen molar-refractivity contribution < 1.29 is 20.1 Å². The number of aliphatic hydroxyl groups is 3. The number of aliphatic hydroxyl groups excluding tert-OH is 2. The molecule has 1 saturated carbocycles. The first-order chi connectivity index (χ1) is 8.08. The molecule has 0 radical (unpaired) electrons. The first-order valence-electron chi connectivity index (χ1n) is 5.57. The zero-order valence-corrected chi connectivity index (χ0v) is 9.63. The molecule has 4 heteroatoms. The third-order valence-corrected chi connectivity index (χ3v) is 3.16. The van der Waals surface area contributed by atoms with Gasteiger partial charge in [0.05, 0.1) is 11.2 Å². The van der Waals surface area contributed by atoms with E-state index in [0.717, 1.165) is 18.4 Å². The molecule has 1 aromatic carbocycles. The Morgan fingerprint density at radius 3 is 2.29 bits per heavy atom. The van der Waals surface area contributed by atoms with Gasteiger partial charge in [-0.3, -0.25) is 0 Å². The number of ether oxygens (including phenoxy) is 1. The molecule has 0 atom stereocenters. The minimum atomic E-state index is -1.81. The van der Waals surface area contributed by atoms with Crippen molar-refractivity contribution in [2.24, 2.45) is 0 Å². The normalized spacial score (nSPS) is 18.2. The van der Waals surface area contributed by atoms with Crippen LogP contribution in [-0.2, 0) is 5.41 Å². The Hall–Kier alpha value is -1.52. The summed E-state index contributed by atoms with van der Waals surface area (Å²) in [4.78, 5) is 0. The van der Waals surface area contributed by atoms with Gasteiger partial charge in [0.15, 0.2) is 0 Å². The van der Waals surface area contributed by atoms with E-state index >= 15 is 0 Å². The second kappa shape index (κ2) is 4.39. The van der Waals surface area contributed by atoms with E-state index in [9.17, 15) is 5.11 Å². The molecule has 0 aromatic heterocycles. The second-order valence-corrected chi connectivity index (χ2v) is 4.22. The van der Waals surface area contributed by atoms with Crippen LogP contribution in [0.2, 0.25) is 0 Å². The zero-order valence-electron chi connectivity index (χ0n) is 9.63. The summed E-state index contributed by atoms with van der Waals surface area (Å²) in [6, 6.07) is 7.00. The van der Waals surface area contributed by atoms with Crippen molar-refractivity contribution >= 4 is 0 Å². The second-order valence-electron chi connectivity index (χ2n) is 4.22. The van der Waals surface area contributed by atoms with E-state index < -0.39 is 6.48 Å². The minimum Gasteiger partial charge on any atom is -0.512 e. The summed E-state index contributed by atoms with van der Waals surface area (Å²) in [6.45, 7) is 0.00863. The van der Waals surface area contributed by atoms with Gasteiger partial charge in [-0.1, -0.05) is 12.1 Å². The number of hydrogen-bond acceptors (Lipinski definition) is 4. The third-order valence-electron chi connectivity index (χ3n) is 3.16. The van der Waals surface area contributed by atoms with Crippen LogP contribution in [-0.4, -0.2) is 21.8 Å². The van der Waals surface area contributed by atoms with Crippen LogP contribution >= 0.6 is 0 Å². The molecule has 3 N–H and O–H groups in total. The summed E-state index contributed by atoms with van der Waals surface area (Å²) in [5, 5.41) is 27.2. The maximum Gasteiger partial charge on any atom is 0.310 e. The average molecular weight is 236 g/mol. The molecular formula is C13H16O4. The Morgan fingerprint density at radius 1 is 1.29 bits per heavy atom. The van der Waals surface area contributed by atoms with E-state index in [4.69, 9.17) is 14.9 Å². The van der Waals surface area contributed by atoms with Crippen LogP contribution in [0.15, 0.2) is 36.1 Å². The third kappa shape index (κ3) is 2.28. The molecule has 0 amide bonds. The molecular weight excluding hydrogens is 220 g/mol. The maximum absolute atomic E-state index is 9.87. The van der Waals surface area contributed by atoms with E-state index in [1.165, 1.54) is 0 Å². The molecule has 1 aromatic rings. The highest BCUT2D eigenvalue weighted by Crippen LogP contribution is 2.53. The predicted octanol–water partition coefficient (Wildman–Crippen LogP) is 1.83. The van der Waals surface area contributed by atoms with Gasteiger partial charge in [-0.05, 0) is 43.5 Å². The van der Waals surface area contributed by atoms with Crippen molar-refractivity contribution in [3.8, 4) is 5.75 Å². The van der Waals surface area contributed by atoms with Gasteiger partial charge < -0.3 is 20.1 Å². The lowest BCUT2D eigenvalue weighted by Crippen LogP contribution is -2.14. The quantitative estimate of drug-likeness (QED) is 0.551. The first kappa shape index (κ1) is 12.0. The summed E-state index contributed by atoms with van der Waals surface area (Å²) in [5.41, 5.74) is 0.790. The highest BCUT2D eigenvalue weighted by atomic mass is 16.7. The van der Waals surface area contributed by atoms with Gasteiger partial charge in [-0.15, -0.1) is 0 Å². The fraction of sp³-hybridized carbons (Fsp3) is 0.385. The molecule has 0 bridgehead atoms. The van der Waals surface area contributed by atoms with Crippen molar-refractivity contribution in [1.29, 1.82) is 0 Å². The van der Waals surface area contributed by atoms with Crippen LogP contribution in [0.3, 0.4) is 0 Å². The van der Waals surface area contributed by atoms with Crippen LogP contribution in [0.25, 0.3) is 0 Å². The molecule has 1 aliphatic carbocycles. The number of benzene rings is 1. The van der Waals surface area contributed by atoms with E-state index in [-0.39, 0.29) is 5.41 Å². The van der Waals surface area contributed by atoms with Gasteiger partial charge in [-0.2, -0.15) is 0 Å². The molecule has 17 heavy (non-hydrogen) atoms. The molecule has 0 saturated heterocycles. The Kier molecular flexibility index (Phi) is 3.09. The number of rotatable bonds is 4. The van der Waals surface area contributed by atoms with Gasteiger partial charge in [0.1, 0.15) is 5.75 Å². The summed E-state index contributed by atoms with van der Waals surface area (Å²) in [5.74, 6) is 0.785. The van der Waals surface area contributed by atoms with Crippen molar-refractivity contribution in [1.82, 2.24) is 0 Å². The Labute approximate surface area is 99.8 Å². The minimum absolute atomic E-state index is 0.231. The molecule has 92 valence electrons. The fourth-order valence-electron chi connectivity index (χ4n) is 2.07. The summed E-state index contributed by atoms with van der Waals surface area (Å²) < 4.78 is 4.72. The molecule has 1 aliphatic rings. The predicted molar refractivity (Wildman–Crippen MR) is 62.6 cm³/mol. The average Bonchev–Trinajstić information content (AvgIpc) is 3.09. The smallest absolute Gasteiger partial charge is 0.310 e. The van der Waals surface area contributed by atoms with Crippen LogP contribution < -0.4 is 4.74 Å². The summed E-state index contributed by atoms with van der Waals surface area (Å²) in [7, 11) is 0. The molecule has 0 aliphatic heterocycles. The lowest BCUT2D eigenvalue weighted by atomic mass is 9.93. The van der Waals surface area contributed by atoms with E-state index in [0.29, 0.717) is 11.5 Å². The molecule has 0 heterocycles. The van der Waals surface area contributed by atoms with Crippen molar-refractivity contribution in [3.05, 3.63) is 41.7 Å². The van der Waals surface area contributed by atoms with Crippen molar-refractivity contribution in [2.75, 3.05) is 0 Å². The van der Waals surface area contributed by atoms with Gasteiger partial charge in [0.2, 0.25) is 0 Å². The monoisotopic (exact) mass is 236 g/mol. The number of allylic oxidation sites excluding steroid dienone is 2. The largest absolute Gasteiger partial charge is 0.512 e. The molecule has 4 nitrogen and oxygen atoms in total. The van der Waals surface area contributed by atoms with Crippen LogP contribution in [0.4, 0.5) is 0 Å². The summed E-state index contributed by atoms with van der Waals surface area (Å²) >= 11 is 0.